The van der Waals surface area contributed by atoms with Crippen LogP contribution in [0.5, 0.6) is 0 Å². The number of nitrogens with zero attached hydrogens (tertiary/aromatic N) is 5. The number of rotatable bonds is 4. The van der Waals surface area contributed by atoms with Gasteiger partial charge in [0.1, 0.15) is 5.82 Å². The maximum absolute atomic E-state index is 4.58. The molecule has 0 aliphatic heterocycles. The van der Waals surface area contributed by atoms with Crippen molar-refractivity contribution in [1.82, 2.24) is 24.1 Å². The smallest absolute Gasteiger partial charge is 0.160 e. The summed E-state index contributed by atoms with van der Waals surface area (Å²) in [5.74, 6) is 0.973. The number of fused-ring (bicyclic) bond motifs is 1. The predicted molar refractivity (Wildman–Crippen MR) is 82.6 cm³/mol. The molecule has 1 N–H and O–H groups in total. The van der Waals surface area contributed by atoms with Gasteiger partial charge >= 0.3 is 0 Å². The zero-order valence-electron chi connectivity index (χ0n) is 12.8. The van der Waals surface area contributed by atoms with Crippen molar-refractivity contribution in [1.29, 1.82) is 0 Å². The maximum Gasteiger partial charge on any atom is 0.160 e. The average molecular weight is 284 g/mol. The third-order valence-electron chi connectivity index (χ3n) is 3.80. The summed E-state index contributed by atoms with van der Waals surface area (Å²) in [6.45, 7) is 9.03. The Morgan fingerprint density at radius 3 is 2.81 bits per heavy atom. The van der Waals surface area contributed by atoms with Crippen LogP contribution in [0, 0.1) is 20.8 Å². The second kappa shape index (κ2) is 5.20. The van der Waals surface area contributed by atoms with Crippen molar-refractivity contribution < 1.29 is 0 Å². The lowest BCUT2D eigenvalue weighted by Crippen LogP contribution is -2.17. The van der Waals surface area contributed by atoms with Crippen molar-refractivity contribution in [3.63, 3.8) is 0 Å². The molecule has 0 aliphatic rings. The first-order valence-corrected chi connectivity index (χ1v) is 7.11. The van der Waals surface area contributed by atoms with Crippen LogP contribution >= 0.6 is 0 Å². The normalized spacial score (nSPS) is 12.8. The minimum Gasteiger partial charge on any atom is -0.368 e. The number of nitrogens with one attached hydrogen (secondary N) is 1. The fraction of sp³-hybridized carbons (Fsp3) is 0.400. The van der Waals surface area contributed by atoms with E-state index < -0.39 is 0 Å². The van der Waals surface area contributed by atoms with Crippen LogP contribution in [0.1, 0.15) is 29.9 Å². The SMILES string of the molecule is Cc1cc(NC[C@H](C)n2ccnc2)n2nc(C)c(C)c2n1. The van der Waals surface area contributed by atoms with Gasteiger partial charge in [-0.1, -0.05) is 0 Å². The van der Waals surface area contributed by atoms with E-state index in [1.165, 1.54) is 0 Å². The summed E-state index contributed by atoms with van der Waals surface area (Å²) < 4.78 is 3.97. The van der Waals surface area contributed by atoms with Crippen molar-refractivity contribution in [2.75, 3.05) is 11.9 Å². The first kappa shape index (κ1) is 13.6. The van der Waals surface area contributed by atoms with Crippen LogP contribution in [-0.4, -0.2) is 30.7 Å². The molecule has 0 spiro atoms. The van der Waals surface area contributed by atoms with Crippen molar-refractivity contribution in [3.05, 3.63) is 41.7 Å². The topological polar surface area (TPSA) is 60.0 Å². The molecule has 0 amide bonds. The van der Waals surface area contributed by atoms with E-state index in [-0.39, 0.29) is 0 Å². The van der Waals surface area contributed by atoms with Gasteiger partial charge in [0.15, 0.2) is 5.65 Å². The van der Waals surface area contributed by atoms with Gasteiger partial charge in [0, 0.05) is 42.3 Å². The van der Waals surface area contributed by atoms with Crippen molar-refractivity contribution in [2.45, 2.75) is 33.7 Å². The van der Waals surface area contributed by atoms with E-state index in [0.29, 0.717) is 6.04 Å². The first-order valence-electron chi connectivity index (χ1n) is 7.11. The zero-order valence-corrected chi connectivity index (χ0v) is 12.8. The Morgan fingerprint density at radius 1 is 1.29 bits per heavy atom. The largest absolute Gasteiger partial charge is 0.368 e. The Balaban J connectivity index is 1.88. The first-order chi connectivity index (χ1) is 10.1. The van der Waals surface area contributed by atoms with Crippen LogP contribution in [0.2, 0.25) is 0 Å². The summed E-state index contributed by atoms with van der Waals surface area (Å²) in [5, 5.41) is 8.04. The molecule has 0 aliphatic carbocycles. The third kappa shape index (κ3) is 2.49. The van der Waals surface area contributed by atoms with E-state index in [1.807, 2.05) is 37.0 Å². The highest BCUT2D eigenvalue weighted by Gasteiger charge is 2.11. The van der Waals surface area contributed by atoms with Crippen molar-refractivity contribution in [3.8, 4) is 0 Å². The van der Waals surface area contributed by atoms with Crippen LogP contribution in [-0.2, 0) is 0 Å². The summed E-state index contributed by atoms with van der Waals surface area (Å²) in [5.41, 5.74) is 4.05. The van der Waals surface area contributed by atoms with Crippen molar-refractivity contribution in [2.24, 2.45) is 0 Å². The molecule has 0 fully saturated rings. The number of hydrogen-bond donors (Lipinski definition) is 1. The summed E-state index contributed by atoms with van der Waals surface area (Å²) in [6.07, 6.45) is 5.61. The molecule has 3 rings (SSSR count). The van der Waals surface area contributed by atoms with E-state index in [0.717, 1.165) is 35.0 Å². The van der Waals surface area contributed by atoms with Gasteiger partial charge in [-0.2, -0.15) is 9.61 Å². The molecular weight excluding hydrogens is 264 g/mol. The Bertz CT molecular complexity index is 756. The van der Waals surface area contributed by atoms with Gasteiger partial charge in [-0.05, 0) is 27.7 Å². The molecule has 21 heavy (non-hydrogen) atoms. The molecule has 0 saturated carbocycles. The number of hydrogen-bond acceptors (Lipinski definition) is 4. The summed E-state index contributed by atoms with van der Waals surface area (Å²) in [6, 6.07) is 2.34. The van der Waals surface area contributed by atoms with E-state index in [4.69, 9.17) is 0 Å². The fourth-order valence-electron chi connectivity index (χ4n) is 2.36. The number of imidazole rings is 1. The summed E-state index contributed by atoms with van der Waals surface area (Å²) >= 11 is 0. The predicted octanol–water partition coefficient (Wildman–Crippen LogP) is 2.52. The van der Waals surface area contributed by atoms with Gasteiger partial charge in [-0.3, -0.25) is 0 Å². The van der Waals surface area contributed by atoms with Gasteiger partial charge in [0.25, 0.3) is 0 Å². The van der Waals surface area contributed by atoms with E-state index in [9.17, 15) is 0 Å². The highest BCUT2D eigenvalue weighted by atomic mass is 15.3. The monoisotopic (exact) mass is 284 g/mol. The molecule has 3 heterocycles. The molecule has 0 aromatic carbocycles. The standard InChI is InChI=1S/C15H20N6/c1-10-7-14(17-8-11(2)20-6-5-16-9-20)21-15(18-10)12(3)13(4)19-21/h5-7,9,11,17H,8H2,1-4H3/t11-/m0/s1. The molecule has 0 bridgehead atoms. The molecule has 0 saturated heterocycles. The molecule has 110 valence electrons. The lowest BCUT2D eigenvalue weighted by molar-refractivity contribution is 0.571. The molecular formula is C15H20N6. The second-order valence-corrected chi connectivity index (χ2v) is 5.47. The zero-order chi connectivity index (χ0) is 15.0. The lowest BCUT2D eigenvalue weighted by atomic mass is 10.3. The molecule has 6 heteroatoms. The van der Waals surface area contributed by atoms with E-state index in [2.05, 4.69) is 38.8 Å². The van der Waals surface area contributed by atoms with Crippen LogP contribution in [0.25, 0.3) is 5.65 Å². The van der Waals surface area contributed by atoms with E-state index in [1.54, 1.807) is 6.20 Å². The average Bonchev–Trinajstić information content (AvgIpc) is 3.07. The van der Waals surface area contributed by atoms with Gasteiger partial charge < -0.3 is 9.88 Å². The Labute approximate surface area is 123 Å². The Kier molecular flexibility index (Phi) is 3.37. The summed E-state index contributed by atoms with van der Waals surface area (Å²) in [7, 11) is 0. The molecule has 1 atom stereocenters. The number of aryl methyl sites for hydroxylation is 3. The van der Waals surface area contributed by atoms with E-state index >= 15 is 0 Å². The second-order valence-electron chi connectivity index (χ2n) is 5.47. The maximum atomic E-state index is 4.58. The molecule has 0 unspecified atom stereocenters. The van der Waals surface area contributed by atoms with Gasteiger partial charge in [0.2, 0.25) is 0 Å². The number of aromatic nitrogens is 5. The molecule has 0 radical (unpaired) electrons. The quantitative estimate of drug-likeness (QED) is 0.799. The highest BCUT2D eigenvalue weighted by molar-refractivity contribution is 5.55. The lowest BCUT2D eigenvalue weighted by Gasteiger charge is -2.15. The Morgan fingerprint density at radius 2 is 2.10 bits per heavy atom. The van der Waals surface area contributed by atoms with Crippen LogP contribution in [0.15, 0.2) is 24.8 Å². The molecule has 6 nitrogen and oxygen atoms in total. The minimum atomic E-state index is 0.314. The van der Waals surface area contributed by atoms with Gasteiger partial charge in [-0.15, -0.1) is 0 Å². The fourth-order valence-corrected chi connectivity index (χ4v) is 2.36. The third-order valence-corrected chi connectivity index (χ3v) is 3.80. The minimum absolute atomic E-state index is 0.314. The Hall–Kier alpha value is -2.37. The van der Waals surface area contributed by atoms with Crippen LogP contribution in [0.3, 0.4) is 0 Å². The number of anilines is 1. The van der Waals surface area contributed by atoms with Crippen molar-refractivity contribution >= 4 is 11.5 Å². The molecule has 3 aromatic heterocycles. The highest BCUT2D eigenvalue weighted by Crippen LogP contribution is 2.18. The van der Waals surface area contributed by atoms with Crippen LogP contribution < -0.4 is 5.32 Å². The summed E-state index contributed by atoms with van der Waals surface area (Å²) in [4.78, 5) is 8.66. The van der Waals surface area contributed by atoms with Gasteiger partial charge in [0.05, 0.1) is 12.0 Å². The molecule has 3 aromatic rings. The van der Waals surface area contributed by atoms with Crippen LogP contribution in [0.4, 0.5) is 5.82 Å². The van der Waals surface area contributed by atoms with Gasteiger partial charge in [-0.25, -0.2) is 9.97 Å².